The lowest BCUT2D eigenvalue weighted by atomic mass is 9.73. The number of likely N-dealkylation sites (tertiary alicyclic amines) is 1. The highest BCUT2D eigenvalue weighted by atomic mass is 32.2. The van der Waals surface area contributed by atoms with Crippen molar-refractivity contribution in [3.63, 3.8) is 0 Å². The fraction of sp³-hybridized carbons (Fsp3) is 0.533. The predicted molar refractivity (Wildman–Crippen MR) is 145 cm³/mol. The number of hydrogen-bond donors (Lipinski definition) is 1. The average Bonchev–Trinajstić information content (AvgIpc) is 3.35. The number of halogens is 8. The van der Waals surface area contributed by atoms with Crippen molar-refractivity contribution in [3.8, 4) is 0 Å². The molecule has 3 aliphatic rings. The molecule has 0 spiro atoms. The van der Waals surface area contributed by atoms with Crippen molar-refractivity contribution >= 4 is 21.7 Å². The zero-order valence-corrected chi connectivity index (χ0v) is 24.8. The van der Waals surface area contributed by atoms with E-state index in [1.54, 1.807) is 4.90 Å². The van der Waals surface area contributed by atoms with Crippen molar-refractivity contribution in [1.29, 1.82) is 0 Å². The summed E-state index contributed by atoms with van der Waals surface area (Å²) in [7, 11) is -4.51. The number of nitrogens with one attached hydrogen (secondary N) is 1. The molecule has 2 aromatic rings. The first-order valence-electron chi connectivity index (χ1n) is 14.4. The summed E-state index contributed by atoms with van der Waals surface area (Å²) in [6.45, 7) is 2.15. The molecule has 246 valence electrons. The SMILES string of the molecule is CC(=O)N1CCC(C(=O)N[C@H]2CC[C@@]3(S(=O)(=O)c4ccc(F)cc4)c4ccc(C(F)(C(F)(F)F)C(F)(F)F)cc4CC[C@@H]23)CC1. The maximum absolute atomic E-state index is 15.0. The van der Waals surface area contributed by atoms with Crippen LogP contribution < -0.4 is 5.32 Å². The number of benzene rings is 2. The van der Waals surface area contributed by atoms with E-state index in [4.69, 9.17) is 0 Å². The minimum absolute atomic E-state index is 0.0536. The smallest absolute Gasteiger partial charge is 0.353 e. The first kappa shape index (κ1) is 33.1. The zero-order valence-electron chi connectivity index (χ0n) is 23.9. The summed E-state index contributed by atoms with van der Waals surface area (Å²) in [4.78, 5) is 26.2. The van der Waals surface area contributed by atoms with Gasteiger partial charge in [0.05, 0.1) is 4.90 Å². The van der Waals surface area contributed by atoms with Gasteiger partial charge in [0.2, 0.25) is 11.8 Å². The van der Waals surface area contributed by atoms with Gasteiger partial charge in [-0.25, -0.2) is 17.2 Å². The van der Waals surface area contributed by atoms with Crippen LogP contribution in [0.2, 0.25) is 0 Å². The normalized spacial score (nSPS) is 24.6. The van der Waals surface area contributed by atoms with E-state index in [2.05, 4.69) is 5.32 Å². The Balaban J connectivity index is 1.56. The summed E-state index contributed by atoms with van der Waals surface area (Å²) in [5.74, 6) is -2.52. The van der Waals surface area contributed by atoms with E-state index in [9.17, 15) is 53.1 Å². The summed E-state index contributed by atoms with van der Waals surface area (Å²) in [5.41, 5.74) is -7.67. The lowest BCUT2D eigenvalue weighted by Gasteiger charge is -2.43. The van der Waals surface area contributed by atoms with Gasteiger partial charge in [-0.2, -0.15) is 26.3 Å². The van der Waals surface area contributed by atoms with Crippen LogP contribution in [0.3, 0.4) is 0 Å². The number of nitrogens with zero attached hydrogens (tertiary/aromatic N) is 1. The predicted octanol–water partition coefficient (Wildman–Crippen LogP) is 5.88. The van der Waals surface area contributed by atoms with Crippen LogP contribution in [0.25, 0.3) is 0 Å². The average molecular weight is 667 g/mol. The number of hydrogen-bond acceptors (Lipinski definition) is 4. The van der Waals surface area contributed by atoms with Crippen molar-refractivity contribution in [1.82, 2.24) is 10.2 Å². The molecule has 45 heavy (non-hydrogen) atoms. The number of piperidine rings is 1. The van der Waals surface area contributed by atoms with Gasteiger partial charge in [-0.15, -0.1) is 0 Å². The zero-order chi connectivity index (χ0) is 33.2. The fourth-order valence-corrected chi connectivity index (χ4v) is 9.78. The van der Waals surface area contributed by atoms with E-state index in [1.807, 2.05) is 0 Å². The largest absolute Gasteiger partial charge is 0.435 e. The van der Waals surface area contributed by atoms with E-state index >= 15 is 0 Å². The summed E-state index contributed by atoms with van der Waals surface area (Å²) in [6.07, 6.45) is -12.2. The van der Waals surface area contributed by atoms with Crippen LogP contribution in [0.5, 0.6) is 0 Å². The number of rotatable bonds is 5. The fourth-order valence-electron chi connectivity index (χ4n) is 7.31. The van der Waals surface area contributed by atoms with Crippen LogP contribution in [0.15, 0.2) is 47.4 Å². The molecule has 6 nitrogen and oxygen atoms in total. The highest BCUT2D eigenvalue weighted by molar-refractivity contribution is 7.92. The van der Waals surface area contributed by atoms with Gasteiger partial charge in [-0.05, 0) is 73.9 Å². The number of fused-ring (bicyclic) bond motifs is 3. The van der Waals surface area contributed by atoms with Gasteiger partial charge in [0, 0.05) is 43.5 Å². The van der Waals surface area contributed by atoms with Crippen LogP contribution in [-0.2, 0) is 36.3 Å². The Kier molecular flexibility index (Phi) is 8.27. The monoisotopic (exact) mass is 666 g/mol. The maximum Gasteiger partial charge on any atom is 0.435 e. The number of alkyl halides is 7. The Hall–Kier alpha value is -3.23. The van der Waals surface area contributed by atoms with Gasteiger partial charge < -0.3 is 10.2 Å². The molecule has 2 fully saturated rings. The van der Waals surface area contributed by atoms with Crippen LogP contribution in [0.1, 0.15) is 55.7 Å². The van der Waals surface area contributed by atoms with E-state index in [-0.39, 0.29) is 53.5 Å². The molecule has 2 amide bonds. The Morgan fingerprint density at radius 3 is 2.04 bits per heavy atom. The van der Waals surface area contributed by atoms with Crippen LogP contribution in [0.4, 0.5) is 35.1 Å². The summed E-state index contributed by atoms with van der Waals surface area (Å²) < 4.78 is 137. The van der Waals surface area contributed by atoms with Crippen molar-refractivity contribution in [2.45, 2.75) is 79.2 Å². The second kappa shape index (κ2) is 11.2. The Bertz CT molecular complexity index is 1570. The maximum atomic E-state index is 15.0. The first-order valence-corrected chi connectivity index (χ1v) is 15.8. The third kappa shape index (κ3) is 5.28. The quantitative estimate of drug-likeness (QED) is 0.319. The molecule has 0 radical (unpaired) electrons. The minimum atomic E-state index is -6.35. The number of sulfone groups is 1. The molecule has 1 aliphatic heterocycles. The third-order valence-corrected chi connectivity index (χ3v) is 12.2. The van der Waals surface area contributed by atoms with Crippen molar-refractivity contribution < 1.29 is 53.1 Å². The second-order valence-corrected chi connectivity index (χ2v) is 14.2. The van der Waals surface area contributed by atoms with Crippen LogP contribution >= 0.6 is 0 Å². The van der Waals surface area contributed by atoms with E-state index in [0.717, 1.165) is 30.3 Å². The molecule has 15 heteroatoms. The number of aryl methyl sites for hydroxylation is 1. The molecule has 2 aromatic carbocycles. The van der Waals surface area contributed by atoms with Crippen LogP contribution in [0, 0.1) is 17.7 Å². The van der Waals surface area contributed by atoms with Gasteiger partial charge in [0.1, 0.15) is 10.6 Å². The van der Waals surface area contributed by atoms with Crippen molar-refractivity contribution in [2.24, 2.45) is 11.8 Å². The molecule has 1 saturated heterocycles. The molecule has 1 heterocycles. The lowest BCUT2D eigenvalue weighted by molar-refractivity contribution is -0.348. The van der Waals surface area contributed by atoms with E-state index in [0.29, 0.717) is 38.1 Å². The van der Waals surface area contributed by atoms with E-state index in [1.165, 1.54) is 6.92 Å². The first-order chi connectivity index (χ1) is 20.8. The number of carbonyl (C=O) groups excluding carboxylic acids is 2. The third-order valence-electron chi connectivity index (χ3n) is 9.62. The van der Waals surface area contributed by atoms with E-state index < -0.39 is 61.9 Å². The molecule has 3 atom stereocenters. The summed E-state index contributed by atoms with van der Waals surface area (Å²) >= 11 is 0. The van der Waals surface area contributed by atoms with Gasteiger partial charge in [0.15, 0.2) is 9.84 Å². The lowest BCUT2D eigenvalue weighted by Crippen LogP contribution is -2.52. The molecule has 0 aromatic heterocycles. The minimum Gasteiger partial charge on any atom is -0.353 e. The molecule has 5 rings (SSSR count). The van der Waals surface area contributed by atoms with Crippen molar-refractivity contribution in [2.75, 3.05) is 13.1 Å². The van der Waals surface area contributed by atoms with Gasteiger partial charge in [-0.3, -0.25) is 9.59 Å². The van der Waals surface area contributed by atoms with Crippen LogP contribution in [-0.4, -0.2) is 56.6 Å². The molecule has 1 N–H and O–H groups in total. The number of carbonyl (C=O) groups is 2. The summed E-state index contributed by atoms with van der Waals surface area (Å²) in [6, 6.07) is 4.71. The second-order valence-electron chi connectivity index (χ2n) is 12.0. The van der Waals surface area contributed by atoms with Gasteiger partial charge in [-0.1, -0.05) is 18.2 Å². The molecule has 2 aliphatic carbocycles. The van der Waals surface area contributed by atoms with Gasteiger partial charge >= 0.3 is 18.0 Å². The molecule has 0 bridgehead atoms. The topological polar surface area (TPSA) is 83.6 Å². The Labute approximate surface area is 254 Å². The number of amides is 2. The van der Waals surface area contributed by atoms with Crippen molar-refractivity contribution in [3.05, 3.63) is 65.0 Å². The summed E-state index contributed by atoms with van der Waals surface area (Å²) in [5, 5.41) is 2.93. The molecular formula is C30H30F8N2O4S. The standard InChI is InChI=1S/C30H30F8N2O4S/c1-17(41)40-14-11-18(12-15-40)26(42)39-25-10-13-27(45(43,44)22-6-4-21(31)5-7-22)23-9-3-20(16-19(23)2-8-24(25)27)28(32,29(33,34)35)30(36,37)38/h3-7,9,16,18,24-25H,2,8,10-15H2,1H3,(H,39,42)/t24-,25-,27+/m0/s1. The molecule has 0 unspecified atom stereocenters. The highest BCUT2D eigenvalue weighted by Crippen LogP contribution is 2.59. The molecular weight excluding hydrogens is 636 g/mol. The Morgan fingerprint density at radius 1 is 0.889 bits per heavy atom. The highest BCUT2D eigenvalue weighted by Gasteiger charge is 2.73. The molecule has 1 saturated carbocycles. The van der Waals surface area contributed by atoms with Gasteiger partial charge in [0.25, 0.3) is 0 Å². The Morgan fingerprint density at radius 2 is 1.49 bits per heavy atom.